The molecule has 3 nitrogen and oxygen atoms in total. The van der Waals surface area contributed by atoms with Crippen LogP contribution in [0.3, 0.4) is 0 Å². The van der Waals surface area contributed by atoms with Crippen LogP contribution in [0.15, 0.2) is 35.1 Å². The third-order valence-electron chi connectivity index (χ3n) is 3.85. The number of hydrogen-bond acceptors (Lipinski definition) is 2. The van der Waals surface area contributed by atoms with Gasteiger partial charge in [-0.15, -0.1) is 0 Å². The molecule has 0 unspecified atom stereocenters. The van der Waals surface area contributed by atoms with Crippen LogP contribution in [0.1, 0.15) is 51.0 Å². The van der Waals surface area contributed by atoms with Crippen molar-refractivity contribution in [3.8, 4) is 0 Å². The minimum atomic E-state index is 0.0177. The summed E-state index contributed by atoms with van der Waals surface area (Å²) in [6.45, 7) is 3.87. The van der Waals surface area contributed by atoms with Crippen molar-refractivity contribution in [3.05, 3.63) is 46.2 Å². The summed E-state index contributed by atoms with van der Waals surface area (Å²) in [4.78, 5) is 14.9. The number of fused-ring (bicyclic) bond motifs is 1. The van der Waals surface area contributed by atoms with Crippen LogP contribution in [0, 0.1) is 0 Å². The molecule has 2 N–H and O–H groups in total. The van der Waals surface area contributed by atoms with Gasteiger partial charge in [-0.25, -0.2) is 0 Å². The van der Waals surface area contributed by atoms with Crippen LogP contribution in [-0.4, -0.2) is 11.5 Å². The standard InChI is InChI=1S/C18H26N2O/c1-2-3-4-5-6-9-12-19-14-16-13-15-10-7-8-11-17(15)20-18(16)21/h7-8,10-11,13,19H,2-6,9,12,14H2,1H3,(H,20,21). The summed E-state index contributed by atoms with van der Waals surface area (Å²) < 4.78 is 0. The molecule has 0 bridgehead atoms. The van der Waals surface area contributed by atoms with Crippen molar-refractivity contribution >= 4 is 10.9 Å². The van der Waals surface area contributed by atoms with Crippen molar-refractivity contribution < 1.29 is 0 Å². The predicted molar refractivity (Wildman–Crippen MR) is 89.7 cm³/mol. The van der Waals surface area contributed by atoms with Crippen LogP contribution in [0.4, 0.5) is 0 Å². The van der Waals surface area contributed by atoms with Gasteiger partial charge in [0.25, 0.3) is 5.56 Å². The van der Waals surface area contributed by atoms with Crippen LogP contribution in [0.5, 0.6) is 0 Å². The Morgan fingerprint density at radius 2 is 1.81 bits per heavy atom. The smallest absolute Gasteiger partial charge is 0.252 e. The SMILES string of the molecule is CCCCCCCCNCc1cc2ccccc2[nH]c1=O. The summed E-state index contributed by atoms with van der Waals surface area (Å²) in [7, 11) is 0. The van der Waals surface area contributed by atoms with Crippen LogP contribution >= 0.6 is 0 Å². The lowest BCUT2D eigenvalue weighted by atomic mass is 10.1. The summed E-state index contributed by atoms with van der Waals surface area (Å²) in [5.41, 5.74) is 1.74. The quantitative estimate of drug-likeness (QED) is 0.685. The predicted octanol–water partition coefficient (Wildman–Crippen LogP) is 3.98. The third-order valence-corrected chi connectivity index (χ3v) is 3.85. The molecule has 1 aromatic carbocycles. The fraction of sp³-hybridized carbons (Fsp3) is 0.500. The summed E-state index contributed by atoms with van der Waals surface area (Å²) in [5.74, 6) is 0. The molecule has 0 aliphatic carbocycles. The van der Waals surface area contributed by atoms with Gasteiger partial charge >= 0.3 is 0 Å². The molecule has 3 heteroatoms. The lowest BCUT2D eigenvalue weighted by Gasteiger charge is -2.06. The number of H-pyrrole nitrogens is 1. The molecule has 21 heavy (non-hydrogen) atoms. The summed E-state index contributed by atoms with van der Waals surface area (Å²) >= 11 is 0. The minimum absolute atomic E-state index is 0.0177. The van der Waals surface area contributed by atoms with Gasteiger partial charge in [-0.05, 0) is 30.5 Å². The highest BCUT2D eigenvalue weighted by Gasteiger charge is 2.02. The van der Waals surface area contributed by atoms with E-state index in [-0.39, 0.29) is 5.56 Å². The lowest BCUT2D eigenvalue weighted by molar-refractivity contribution is 0.571. The molecule has 0 radical (unpaired) electrons. The van der Waals surface area contributed by atoms with Gasteiger partial charge in [-0.1, -0.05) is 57.2 Å². The maximum Gasteiger partial charge on any atom is 0.252 e. The zero-order valence-electron chi connectivity index (χ0n) is 13.0. The highest BCUT2D eigenvalue weighted by molar-refractivity contribution is 5.78. The number of rotatable bonds is 9. The fourth-order valence-corrected chi connectivity index (χ4v) is 2.58. The molecule has 0 saturated carbocycles. The highest BCUT2D eigenvalue weighted by atomic mass is 16.1. The number of nitrogens with one attached hydrogen (secondary N) is 2. The molecule has 1 heterocycles. The van der Waals surface area contributed by atoms with Gasteiger partial charge < -0.3 is 10.3 Å². The van der Waals surface area contributed by atoms with Crippen molar-refractivity contribution in [1.29, 1.82) is 0 Å². The molecule has 1 aromatic heterocycles. The van der Waals surface area contributed by atoms with E-state index in [4.69, 9.17) is 0 Å². The van der Waals surface area contributed by atoms with Crippen molar-refractivity contribution in [3.63, 3.8) is 0 Å². The minimum Gasteiger partial charge on any atom is -0.322 e. The van der Waals surface area contributed by atoms with E-state index in [1.54, 1.807) is 0 Å². The number of unbranched alkanes of at least 4 members (excludes halogenated alkanes) is 5. The lowest BCUT2D eigenvalue weighted by Crippen LogP contribution is -2.21. The Morgan fingerprint density at radius 1 is 1.05 bits per heavy atom. The first-order valence-electron chi connectivity index (χ1n) is 8.13. The van der Waals surface area contributed by atoms with Gasteiger partial charge in [-0.2, -0.15) is 0 Å². The van der Waals surface area contributed by atoms with E-state index in [0.717, 1.165) is 23.0 Å². The molecule has 2 aromatic rings. The van der Waals surface area contributed by atoms with E-state index in [9.17, 15) is 4.79 Å². The van der Waals surface area contributed by atoms with Crippen molar-refractivity contribution in [1.82, 2.24) is 10.3 Å². The second-order valence-electron chi connectivity index (χ2n) is 5.66. The van der Waals surface area contributed by atoms with Crippen molar-refractivity contribution in [2.45, 2.75) is 52.0 Å². The van der Waals surface area contributed by atoms with E-state index < -0.39 is 0 Å². The summed E-state index contributed by atoms with van der Waals surface area (Å²) in [6, 6.07) is 9.89. The largest absolute Gasteiger partial charge is 0.322 e. The number of aromatic amines is 1. The molecular weight excluding hydrogens is 260 g/mol. The first kappa shape index (κ1) is 15.8. The summed E-state index contributed by atoms with van der Waals surface area (Å²) in [5, 5.41) is 4.47. The maximum absolute atomic E-state index is 12.0. The van der Waals surface area contributed by atoms with Gasteiger partial charge in [0.05, 0.1) is 0 Å². The number of hydrogen-bond donors (Lipinski definition) is 2. The van der Waals surface area contributed by atoms with Gasteiger partial charge in [0.1, 0.15) is 0 Å². The van der Waals surface area contributed by atoms with E-state index in [0.29, 0.717) is 6.54 Å². The average Bonchev–Trinajstić information content (AvgIpc) is 2.50. The number of para-hydroxylation sites is 1. The fourth-order valence-electron chi connectivity index (χ4n) is 2.58. The van der Waals surface area contributed by atoms with Gasteiger partial charge in [0, 0.05) is 17.6 Å². The Hall–Kier alpha value is -1.61. The highest BCUT2D eigenvalue weighted by Crippen LogP contribution is 2.10. The average molecular weight is 286 g/mol. The molecular formula is C18H26N2O. The Labute approximate surface area is 126 Å². The molecule has 0 aliphatic heterocycles. The van der Waals surface area contributed by atoms with Crippen molar-refractivity contribution in [2.75, 3.05) is 6.54 Å². The number of aromatic nitrogens is 1. The maximum atomic E-state index is 12.0. The molecule has 0 saturated heterocycles. The molecule has 0 fully saturated rings. The number of benzene rings is 1. The monoisotopic (exact) mass is 286 g/mol. The first-order chi connectivity index (χ1) is 10.3. The molecule has 0 aliphatic rings. The molecule has 0 amide bonds. The Bertz CT molecular complexity index is 603. The Morgan fingerprint density at radius 3 is 2.67 bits per heavy atom. The van der Waals surface area contributed by atoms with Crippen LogP contribution in [0.2, 0.25) is 0 Å². The molecule has 114 valence electrons. The van der Waals surface area contributed by atoms with E-state index in [1.165, 1.54) is 38.5 Å². The van der Waals surface area contributed by atoms with E-state index in [1.807, 2.05) is 30.3 Å². The second-order valence-corrected chi connectivity index (χ2v) is 5.66. The van der Waals surface area contributed by atoms with Gasteiger partial charge in [0.2, 0.25) is 0 Å². The van der Waals surface area contributed by atoms with Crippen LogP contribution in [0.25, 0.3) is 10.9 Å². The third kappa shape index (κ3) is 5.01. The Balaban J connectivity index is 1.76. The number of pyridine rings is 1. The van der Waals surface area contributed by atoms with Crippen LogP contribution in [-0.2, 0) is 6.54 Å². The zero-order chi connectivity index (χ0) is 14.9. The topological polar surface area (TPSA) is 44.9 Å². The van der Waals surface area contributed by atoms with Gasteiger partial charge in [0.15, 0.2) is 0 Å². The van der Waals surface area contributed by atoms with E-state index in [2.05, 4.69) is 17.2 Å². The normalized spacial score (nSPS) is 11.1. The first-order valence-corrected chi connectivity index (χ1v) is 8.13. The van der Waals surface area contributed by atoms with E-state index >= 15 is 0 Å². The molecule has 0 atom stereocenters. The Kier molecular flexibility index (Phi) is 6.48. The summed E-state index contributed by atoms with van der Waals surface area (Å²) in [6.07, 6.45) is 7.78. The molecule has 2 rings (SSSR count). The van der Waals surface area contributed by atoms with Gasteiger partial charge in [-0.3, -0.25) is 4.79 Å². The molecule has 0 spiro atoms. The van der Waals surface area contributed by atoms with Crippen molar-refractivity contribution in [2.24, 2.45) is 0 Å². The zero-order valence-corrected chi connectivity index (χ0v) is 13.0. The second kappa shape index (κ2) is 8.63. The van der Waals surface area contributed by atoms with Crippen LogP contribution < -0.4 is 10.9 Å².